The summed E-state index contributed by atoms with van der Waals surface area (Å²) in [4.78, 5) is 43.0. The van der Waals surface area contributed by atoms with Gasteiger partial charge in [0, 0.05) is 38.6 Å². The first kappa shape index (κ1) is 23.0. The van der Waals surface area contributed by atoms with E-state index in [0.717, 1.165) is 10.2 Å². The first-order valence-electron chi connectivity index (χ1n) is 11.1. The molecule has 0 spiro atoms. The second-order valence-corrected chi connectivity index (χ2v) is 9.08. The summed E-state index contributed by atoms with van der Waals surface area (Å²) in [6.07, 6.45) is 3.06. The third kappa shape index (κ3) is 4.62. The predicted octanol–water partition coefficient (Wildman–Crippen LogP) is 3.56. The Labute approximate surface area is 205 Å². The van der Waals surface area contributed by atoms with Crippen LogP contribution in [-0.2, 0) is 9.53 Å². The van der Waals surface area contributed by atoms with Crippen LogP contribution in [0.3, 0.4) is 0 Å². The molecule has 178 valence electrons. The number of hydrogen-bond acceptors (Lipinski definition) is 8. The highest BCUT2D eigenvalue weighted by molar-refractivity contribution is 7.21. The van der Waals surface area contributed by atoms with Crippen LogP contribution < -0.4 is 0 Å². The topological polar surface area (TPSA) is 88.5 Å². The minimum atomic E-state index is -0.673. The average Bonchev–Trinajstić information content (AvgIpc) is 3.34. The fourth-order valence-corrected chi connectivity index (χ4v) is 5.17. The maximum atomic E-state index is 13.4. The number of esters is 1. The molecule has 1 amide bonds. The van der Waals surface area contributed by atoms with Crippen LogP contribution >= 0.6 is 11.3 Å². The number of benzene rings is 2. The number of ether oxygens (including phenoxy) is 1. The van der Waals surface area contributed by atoms with Crippen molar-refractivity contribution in [1.82, 2.24) is 24.8 Å². The van der Waals surface area contributed by atoms with E-state index in [1.165, 1.54) is 36.8 Å². The lowest BCUT2D eigenvalue weighted by atomic mass is 10.0. The van der Waals surface area contributed by atoms with Gasteiger partial charge < -0.3 is 9.64 Å². The van der Waals surface area contributed by atoms with Gasteiger partial charge in [-0.1, -0.05) is 24.3 Å². The average molecular weight is 492 g/mol. The Morgan fingerprint density at radius 2 is 1.71 bits per heavy atom. The SMILES string of the molecule is COC(=O)C(c1ccc(F)cc1)N1CCN(C(=O)c2nccnc2-c2nc3ccccc3s2)CC1. The summed E-state index contributed by atoms with van der Waals surface area (Å²) >= 11 is 1.47. The zero-order valence-corrected chi connectivity index (χ0v) is 19.7. The lowest BCUT2D eigenvalue weighted by molar-refractivity contribution is -0.148. The molecule has 35 heavy (non-hydrogen) atoms. The Kier molecular flexibility index (Phi) is 6.47. The Balaban J connectivity index is 1.35. The standard InChI is InChI=1S/C25H22FN5O3S/c1-34-25(33)22(16-6-8-17(26)9-7-16)30-12-14-31(15-13-30)24(32)21-20(27-10-11-28-21)23-29-18-4-2-3-5-19(18)35-23/h2-11,22H,12-15H2,1H3. The van der Waals surface area contributed by atoms with Gasteiger partial charge in [0.25, 0.3) is 5.91 Å². The van der Waals surface area contributed by atoms with Crippen LogP contribution in [-0.4, -0.2) is 69.9 Å². The number of methoxy groups -OCH3 is 1. The van der Waals surface area contributed by atoms with Crippen LogP contribution in [0.25, 0.3) is 20.9 Å². The molecule has 10 heteroatoms. The first-order chi connectivity index (χ1) is 17.0. The second-order valence-electron chi connectivity index (χ2n) is 8.05. The van der Waals surface area contributed by atoms with E-state index in [9.17, 15) is 14.0 Å². The number of carbonyl (C=O) groups excluding carboxylic acids is 2. The van der Waals surface area contributed by atoms with E-state index in [1.54, 1.807) is 23.2 Å². The highest BCUT2D eigenvalue weighted by Crippen LogP contribution is 2.31. The molecule has 1 unspecified atom stereocenters. The van der Waals surface area contributed by atoms with E-state index in [-0.39, 0.29) is 17.4 Å². The van der Waals surface area contributed by atoms with E-state index >= 15 is 0 Å². The molecular formula is C25H22FN5O3S. The molecule has 1 fully saturated rings. The number of thiazole rings is 1. The molecule has 1 saturated heterocycles. The number of aromatic nitrogens is 3. The van der Waals surface area contributed by atoms with Gasteiger partial charge in [-0.2, -0.15) is 0 Å². The fraction of sp³-hybridized carbons (Fsp3) is 0.240. The van der Waals surface area contributed by atoms with Crippen molar-refractivity contribution >= 4 is 33.4 Å². The number of para-hydroxylation sites is 1. The molecule has 0 radical (unpaired) electrons. The number of rotatable bonds is 5. The van der Waals surface area contributed by atoms with Crippen molar-refractivity contribution in [3.63, 3.8) is 0 Å². The molecule has 4 aromatic rings. The minimum Gasteiger partial charge on any atom is -0.468 e. The summed E-state index contributed by atoms with van der Waals surface area (Å²) in [6, 6.07) is 12.9. The smallest absolute Gasteiger partial charge is 0.327 e. The largest absolute Gasteiger partial charge is 0.468 e. The zero-order chi connectivity index (χ0) is 24.4. The molecule has 0 bridgehead atoms. The highest BCUT2D eigenvalue weighted by Gasteiger charge is 2.33. The monoisotopic (exact) mass is 491 g/mol. The van der Waals surface area contributed by atoms with Crippen molar-refractivity contribution in [2.75, 3.05) is 33.3 Å². The molecular weight excluding hydrogens is 469 g/mol. The molecule has 2 aromatic heterocycles. The van der Waals surface area contributed by atoms with Crippen LogP contribution in [0.15, 0.2) is 60.9 Å². The molecule has 0 saturated carbocycles. The third-order valence-electron chi connectivity index (χ3n) is 5.97. The van der Waals surface area contributed by atoms with Crippen LogP contribution in [0.2, 0.25) is 0 Å². The molecule has 1 atom stereocenters. The maximum Gasteiger partial charge on any atom is 0.327 e. The predicted molar refractivity (Wildman–Crippen MR) is 129 cm³/mol. The Bertz CT molecular complexity index is 1340. The first-order valence-corrected chi connectivity index (χ1v) is 11.9. The van der Waals surface area contributed by atoms with Crippen molar-refractivity contribution in [2.45, 2.75) is 6.04 Å². The molecule has 1 aliphatic rings. The van der Waals surface area contributed by atoms with E-state index in [4.69, 9.17) is 4.74 Å². The third-order valence-corrected chi connectivity index (χ3v) is 7.02. The van der Waals surface area contributed by atoms with Crippen molar-refractivity contribution in [1.29, 1.82) is 0 Å². The highest BCUT2D eigenvalue weighted by atomic mass is 32.1. The number of fused-ring (bicyclic) bond motifs is 1. The van der Waals surface area contributed by atoms with Gasteiger partial charge in [0.05, 0.1) is 17.3 Å². The summed E-state index contributed by atoms with van der Waals surface area (Å²) < 4.78 is 19.4. The van der Waals surface area contributed by atoms with Crippen LogP contribution in [0, 0.1) is 5.82 Å². The summed E-state index contributed by atoms with van der Waals surface area (Å²) in [5, 5.41) is 0.642. The number of hydrogen-bond donors (Lipinski definition) is 0. The summed E-state index contributed by atoms with van der Waals surface area (Å²) in [6.45, 7) is 1.67. The van der Waals surface area contributed by atoms with Gasteiger partial charge in [0.2, 0.25) is 0 Å². The Hall–Kier alpha value is -3.76. The number of carbonyl (C=O) groups is 2. The van der Waals surface area contributed by atoms with Gasteiger partial charge in [0.15, 0.2) is 5.69 Å². The molecule has 1 aliphatic heterocycles. The maximum absolute atomic E-state index is 13.4. The van der Waals surface area contributed by atoms with E-state index in [1.807, 2.05) is 29.2 Å². The number of piperazine rings is 1. The van der Waals surface area contributed by atoms with Gasteiger partial charge in [-0.15, -0.1) is 11.3 Å². The second kappa shape index (κ2) is 9.85. The molecule has 2 aromatic carbocycles. The minimum absolute atomic E-state index is 0.233. The zero-order valence-electron chi connectivity index (χ0n) is 18.9. The summed E-state index contributed by atoms with van der Waals surface area (Å²) in [5.74, 6) is -1.03. The van der Waals surface area contributed by atoms with Crippen molar-refractivity contribution < 1.29 is 18.7 Å². The Morgan fingerprint density at radius 3 is 2.43 bits per heavy atom. The number of halogens is 1. The van der Waals surface area contributed by atoms with Gasteiger partial charge in [-0.05, 0) is 29.8 Å². The number of amides is 1. The Morgan fingerprint density at radius 1 is 1.00 bits per heavy atom. The van der Waals surface area contributed by atoms with Crippen LogP contribution in [0.5, 0.6) is 0 Å². The molecule has 0 aliphatic carbocycles. The number of nitrogens with zero attached hydrogens (tertiary/aromatic N) is 5. The van der Waals surface area contributed by atoms with Gasteiger partial charge in [0.1, 0.15) is 22.6 Å². The van der Waals surface area contributed by atoms with Gasteiger partial charge >= 0.3 is 5.97 Å². The summed E-state index contributed by atoms with van der Waals surface area (Å²) in [5.41, 5.74) is 2.20. The molecule has 8 nitrogen and oxygen atoms in total. The van der Waals surface area contributed by atoms with E-state index < -0.39 is 12.0 Å². The normalized spacial score (nSPS) is 15.2. The molecule has 0 N–H and O–H groups in total. The van der Waals surface area contributed by atoms with Crippen molar-refractivity contribution in [2.24, 2.45) is 0 Å². The lowest BCUT2D eigenvalue weighted by Gasteiger charge is -2.38. The van der Waals surface area contributed by atoms with Crippen LogP contribution in [0.4, 0.5) is 4.39 Å². The molecule has 5 rings (SSSR count). The van der Waals surface area contributed by atoms with Crippen molar-refractivity contribution in [3.05, 3.63) is 78.0 Å². The van der Waals surface area contributed by atoms with E-state index in [2.05, 4.69) is 15.0 Å². The van der Waals surface area contributed by atoms with Crippen molar-refractivity contribution in [3.8, 4) is 10.7 Å². The summed E-state index contributed by atoms with van der Waals surface area (Å²) in [7, 11) is 1.33. The quantitative estimate of drug-likeness (QED) is 0.395. The fourth-order valence-electron chi connectivity index (χ4n) is 4.21. The van der Waals surface area contributed by atoms with E-state index in [0.29, 0.717) is 42.4 Å². The van der Waals surface area contributed by atoms with Crippen LogP contribution in [0.1, 0.15) is 22.1 Å². The molecule has 3 heterocycles. The lowest BCUT2D eigenvalue weighted by Crippen LogP contribution is -2.51. The van der Waals surface area contributed by atoms with Gasteiger partial charge in [-0.3, -0.25) is 9.69 Å². The van der Waals surface area contributed by atoms with Gasteiger partial charge in [-0.25, -0.2) is 24.1 Å².